The first kappa shape index (κ1) is 18.9. The van der Waals surface area contributed by atoms with Gasteiger partial charge in [-0.1, -0.05) is 0 Å². The van der Waals surface area contributed by atoms with Crippen molar-refractivity contribution in [1.29, 1.82) is 5.26 Å². The average molecular weight is 421 g/mol. The number of hydrogen-bond acceptors (Lipinski definition) is 8. The van der Waals surface area contributed by atoms with Gasteiger partial charge in [0.15, 0.2) is 5.82 Å². The number of piperidine rings is 2. The van der Waals surface area contributed by atoms with Gasteiger partial charge < -0.3 is 15.4 Å². The van der Waals surface area contributed by atoms with Crippen LogP contribution in [-0.2, 0) is 6.42 Å². The van der Waals surface area contributed by atoms with Crippen LogP contribution in [0.15, 0.2) is 6.07 Å². The van der Waals surface area contributed by atoms with Crippen LogP contribution in [0.1, 0.15) is 56.2 Å². The largest absolute Gasteiger partial charge is 0.477 e. The van der Waals surface area contributed by atoms with Gasteiger partial charge in [0.25, 0.3) is 0 Å². The molecule has 4 atom stereocenters. The highest BCUT2D eigenvalue weighted by Crippen LogP contribution is 2.58. The van der Waals surface area contributed by atoms with Crippen molar-refractivity contribution in [1.82, 2.24) is 25.1 Å². The van der Waals surface area contributed by atoms with Crippen molar-refractivity contribution in [3.63, 3.8) is 0 Å². The standard InChI is InChI=1S/C22H28N8O/c1-13-8-18(29-28-13)25-19-17-4-2-7-31-20(17)27-21(26-19)24-14-9-15-11-22(5-3-6-23)12-16(10-14)30(15)22/h8,14-16H,2-5,7,9-12H2,1H3,(H3,24,25,26,27,28,29)/t14?,15-,16+,22?. The molecule has 0 aromatic carbocycles. The van der Waals surface area contributed by atoms with E-state index < -0.39 is 0 Å². The Morgan fingerprint density at radius 2 is 2.16 bits per heavy atom. The molecule has 0 saturated carbocycles. The molecular weight excluding hydrogens is 392 g/mol. The molecule has 9 nitrogen and oxygen atoms in total. The number of ether oxygens (including phenoxy) is 1. The molecule has 4 aliphatic rings. The normalized spacial score (nSPS) is 30.6. The molecule has 4 aliphatic heterocycles. The first-order chi connectivity index (χ1) is 15.1. The molecule has 0 radical (unpaired) electrons. The summed E-state index contributed by atoms with van der Waals surface area (Å²) in [6.07, 6.45) is 8.22. The van der Waals surface area contributed by atoms with Gasteiger partial charge in [0, 0.05) is 41.8 Å². The lowest BCUT2D eigenvalue weighted by Crippen LogP contribution is -2.81. The zero-order valence-corrected chi connectivity index (χ0v) is 17.8. The molecule has 6 heterocycles. The molecule has 9 heteroatoms. The third kappa shape index (κ3) is 3.12. The van der Waals surface area contributed by atoms with Gasteiger partial charge in [0.2, 0.25) is 11.8 Å². The van der Waals surface area contributed by atoms with Crippen molar-refractivity contribution in [3.05, 3.63) is 17.3 Å². The van der Waals surface area contributed by atoms with Crippen LogP contribution >= 0.6 is 0 Å². The van der Waals surface area contributed by atoms with Crippen molar-refractivity contribution in [2.45, 2.75) is 82.0 Å². The summed E-state index contributed by atoms with van der Waals surface area (Å²) < 4.78 is 5.87. The van der Waals surface area contributed by atoms with E-state index in [4.69, 9.17) is 20.0 Å². The van der Waals surface area contributed by atoms with Gasteiger partial charge in [0.1, 0.15) is 5.82 Å². The molecule has 3 fully saturated rings. The van der Waals surface area contributed by atoms with Crippen LogP contribution in [0.4, 0.5) is 17.6 Å². The first-order valence-electron chi connectivity index (χ1n) is 11.4. The number of nitrogens with zero attached hydrogens (tertiary/aromatic N) is 5. The van der Waals surface area contributed by atoms with E-state index >= 15 is 0 Å². The number of hydrogen-bond donors (Lipinski definition) is 3. The fraction of sp³-hybridized carbons (Fsp3) is 0.636. The summed E-state index contributed by atoms with van der Waals surface area (Å²) in [7, 11) is 0. The summed E-state index contributed by atoms with van der Waals surface area (Å²) in [4.78, 5) is 12.2. The molecule has 0 aliphatic carbocycles. The second kappa shape index (κ2) is 7.09. The van der Waals surface area contributed by atoms with Gasteiger partial charge in [-0.2, -0.15) is 20.3 Å². The van der Waals surface area contributed by atoms with E-state index in [1.807, 2.05) is 13.0 Å². The molecule has 2 aromatic heterocycles. The maximum absolute atomic E-state index is 8.96. The third-order valence-electron chi connectivity index (χ3n) is 7.45. The number of nitriles is 1. The fourth-order valence-electron chi connectivity index (χ4n) is 6.28. The van der Waals surface area contributed by atoms with Crippen LogP contribution in [0.25, 0.3) is 0 Å². The van der Waals surface area contributed by atoms with E-state index in [1.165, 1.54) is 12.8 Å². The molecule has 2 unspecified atom stereocenters. The average Bonchev–Trinajstić information content (AvgIpc) is 3.13. The molecule has 3 saturated heterocycles. The number of fused-ring (bicyclic) bond motifs is 1. The number of nitrogens with one attached hydrogen (secondary N) is 3. The quantitative estimate of drug-likeness (QED) is 0.653. The highest BCUT2D eigenvalue weighted by atomic mass is 16.5. The topological polar surface area (TPSA) is 115 Å². The SMILES string of the molecule is Cc1cc(Nc2nc(NC3C[C@@H]4CC5(CCC#N)C[C@H](C3)N45)nc3c2CCCO3)n[nH]1. The minimum Gasteiger partial charge on any atom is -0.477 e. The number of anilines is 3. The molecule has 0 spiro atoms. The Morgan fingerprint density at radius 1 is 1.32 bits per heavy atom. The molecule has 6 rings (SSSR count). The predicted molar refractivity (Wildman–Crippen MR) is 115 cm³/mol. The minimum absolute atomic E-state index is 0.338. The number of aromatic amines is 1. The summed E-state index contributed by atoms with van der Waals surface area (Å²) in [5, 5.41) is 23.2. The molecule has 0 amide bonds. The maximum atomic E-state index is 8.96. The summed E-state index contributed by atoms with van der Waals surface area (Å²) in [6.45, 7) is 2.67. The summed E-state index contributed by atoms with van der Waals surface area (Å²) in [6, 6.07) is 5.91. The van der Waals surface area contributed by atoms with Gasteiger partial charge in [-0.25, -0.2) is 0 Å². The van der Waals surface area contributed by atoms with Crippen LogP contribution in [0, 0.1) is 18.3 Å². The Bertz CT molecular complexity index is 1030. The van der Waals surface area contributed by atoms with E-state index in [9.17, 15) is 0 Å². The van der Waals surface area contributed by atoms with Gasteiger partial charge in [0.05, 0.1) is 18.2 Å². The Labute approximate surface area is 181 Å². The van der Waals surface area contributed by atoms with Crippen molar-refractivity contribution in [3.8, 4) is 11.9 Å². The van der Waals surface area contributed by atoms with Gasteiger partial charge in [-0.05, 0) is 51.9 Å². The Balaban J connectivity index is 1.18. The van der Waals surface area contributed by atoms with E-state index in [0.717, 1.165) is 55.0 Å². The Kier molecular flexibility index (Phi) is 4.32. The van der Waals surface area contributed by atoms with Crippen LogP contribution < -0.4 is 15.4 Å². The maximum Gasteiger partial charge on any atom is 0.228 e. The van der Waals surface area contributed by atoms with Crippen LogP contribution in [-0.4, -0.2) is 55.3 Å². The van der Waals surface area contributed by atoms with Crippen LogP contribution in [0.3, 0.4) is 0 Å². The number of aromatic nitrogens is 4. The molecule has 0 bridgehead atoms. The molecular formula is C22H28N8O. The lowest BCUT2D eigenvalue weighted by Gasteiger charge is -2.74. The van der Waals surface area contributed by atoms with Crippen molar-refractivity contribution in [2.24, 2.45) is 0 Å². The second-order valence-electron chi connectivity index (χ2n) is 9.51. The second-order valence-corrected chi connectivity index (χ2v) is 9.51. The van der Waals surface area contributed by atoms with E-state index in [-0.39, 0.29) is 0 Å². The van der Waals surface area contributed by atoms with Crippen LogP contribution in [0.2, 0.25) is 0 Å². The lowest BCUT2D eigenvalue weighted by atomic mass is 9.57. The van der Waals surface area contributed by atoms with Gasteiger partial charge >= 0.3 is 0 Å². The summed E-state index contributed by atoms with van der Waals surface area (Å²) in [5.74, 6) is 2.84. The molecule has 2 aromatic rings. The highest BCUT2D eigenvalue weighted by molar-refractivity contribution is 5.61. The number of H-pyrrole nitrogens is 1. The minimum atomic E-state index is 0.338. The molecule has 31 heavy (non-hydrogen) atoms. The number of rotatable bonds is 6. The van der Waals surface area contributed by atoms with E-state index in [1.54, 1.807) is 0 Å². The first-order valence-corrected chi connectivity index (χ1v) is 11.4. The van der Waals surface area contributed by atoms with Crippen molar-refractivity contribution in [2.75, 3.05) is 17.2 Å². The van der Waals surface area contributed by atoms with Gasteiger partial charge in [-0.15, -0.1) is 0 Å². The smallest absolute Gasteiger partial charge is 0.228 e. The number of aryl methyl sites for hydroxylation is 1. The van der Waals surface area contributed by atoms with Crippen molar-refractivity contribution < 1.29 is 4.74 Å². The van der Waals surface area contributed by atoms with Gasteiger partial charge in [-0.3, -0.25) is 10.00 Å². The van der Waals surface area contributed by atoms with E-state index in [0.29, 0.717) is 48.5 Å². The molecule has 3 N–H and O–H groups in total. The monoisotopic (exact) mass is 420 g/mol. The van der Waals surface area contributed by atoms with Crippen LogP contribution in [0.5, 0.6) is 5.88 Å². The highest BCUT2D eigenvalue weighted by Gasteiger charge is 2.64. The molecule has 162 valence electrons. The predicted octanol–water partition coefficient (Wildman–Crippen LogP) is 3.04. The lowest BCUT2D eigenvalue weighted by molar-refractivity contribution is -0.222. The Hall–Kier alpha value is -2.86. The zero-order chi connectivity index (χ0) is 21.0. The Morgan fingerprint density at radius 3 is 2.90 bits per heavy atom. The van der Waals surface area contributed by atoms with E-state index in [2.05, 4.69) is 31.8 Å². The summed E-state index contributed by atoms with van der Waals surface area (Å²) in [5.41, 5.74) is 2.36. The third-order valence-corrected chi connectivity index (χ3v) is 7.45. The fourth-order valence-corrected chi connectivity index (χ4v) is 6.28. The zero-order valence-electron chi connectivity index (χ0n) is 17.8. The summed E-state index contributed by atoms with van der Waals surface area (Å²) >= 11 is 0. The van der Waals surface area contributed by atoms with Crippen molar-refractivity contribution >= 4 is 17.6 Å².